The molecule has 0 aliphatic heterocycles. The lowest BCUT2D eigenvalue weighted by atomic mass is 9.84. The van der Waals surface area contributed by atoms with Crippen molar-refractivity contribution in [1.82, 2.24) is 16.0 Å². The van der Waals surface area contributed by atoms with Crippen LogP contribution in [0.4, 0.5) is 10.5 Å². The predicted octanol–water partition coefficient (Wildman–Crippen LogP) is 3.45. The van der Waals surface area contributed by atoms with E-state index < -0.39 is 6.09 Å². The second-order valence-electron chi connectivity index (χ2n) is 6.62. The summed E-state index contributed by atoms with van der Waals surface area (Å²) in [5, 5.41) is 13.0. The van der Waals surface area contributed by atoms with Gasteiger partial charge in [-0.2, -0.15) is 0 Å². The molecular weight excluding hydrogens is 340 g/mol. The fourth-order valence-electron chi connectivity index (χ4n) is 3.45. The molecule has 148 valence electrons. The number of allylic oxidation sites excluding steroid dienone is 1. The summed E-state index contributed by atoms with van der Waals surface area (Å²) in [6.07, 6.45) is 7.78. The first kappa shape index (κ1) is 21.0. The Hall–Kier alpha value is -2.31. The van der Waals surface area contributed by atoms with E-state index in [9.17, 15) is 4.79 Å². The highest BCUT2D eigenvalue weighted by atomic mass is 16.5. The second-order valence-corrected chi connectivity index (χ2v) is 6.62. The molecule has 0 saturated carbocycles. The van der Waals surface area contributed by atoms with Crippen molar-refractivity contribution < 1.29 is 9.53 Å². The van der Waals surface area contributed by atoms with Crippen molar-refractivity contribution in [1.29, 1.82) is 0 Å². The summed E-state index contributed by atoms with van der Waals surface area (Å²) in [4.78, 5) is 11.7. The molecule has 2 rings (SSSR count). The van der Waals surface area contributed by atoms with Crippen molar-refractivity contribution in [2.24, 2.45) is 0 Å². The zero-order chi connectivity index (χ0) is 19.7. The summed E-state index contributed by atoms with van der Waals surface area (Å²) >= 11 is 0. The molecule has 0 aromatic heterocycles. The number of nitrogens with one attached hydrogen (secondary N) is 4. The van der Waals surface area contributed by atoms with Gasteiger partial charge in [0.25, 0.3) is 0 Å². The van der Waals surface area contributed by atoms with Gasteiger partial charge in [0.15, 0.2) is 0 Å². The minimum absolute atomic E-state index is 0.243. The smallest absolute Gasteiger partial charge is 0.411 e. The Kier molecular flexibility index (Phi) is 7.88. The van der Waals surface area contributed by atoms with Crippen molar-refractivity contribution in [2.45, 2.75) is 38.3 Å². The molecule has 6 heteroatoms. The van der Waals surface area contributed by atoms with Gasteiger partial charge in [0.1, 0.15) is 0 Å². The molecule has 0 heterocycles. The summed E-state index contributed by atoms with van der Waals surface area (Å²) in [6.45, 7) is 2.39. The van der Waals surface area contributed by atoms with E-state index in [0.717, 1.165) is 36.9 Å². The number of hydrogen-bond donors (Lipinski definition) is 4. The molecule has 0 spiro atoms. The van der Waals surface area contributed by atoms with Gasteiger partial charge in [0.2, 0.25) is 0 Å². The van der Waals surface area contributed by atoms with Gasteiger partial charge in [0, 0.05) is 24.0 Å². The standard InChI is InChI=1S/C21H32N4O2/c1-5-14-27-20(26)25-17-9-6-8-16(15-17)11-12-18-19(22-2)10-7-13-21(18,23-3)24-4/h6,8-9,11-12,15,22-24H,5,7,10,13-14H2,1-4H3,(H,25,26). The Morgan fingerprint density at radius 1 is 1.22 bits per heavy atom. The van der Waals surface area contributed by atoms with Crippen LogP contribution >= 0.6 is 0 Å². The number of likely N-dealkylation sites (N-methyl/N-ethyl adjacent to an activating group) is 2. The Morgan fingerprint density at radius 3 is 2.67 bits per heavy atom. The predicted molar refractivity (Wildman–Crippen MR) is 112 cm³/mol. The van der Waals surface area contributed by atoms with Crippen LogP contribution in [-0.4, -0.2) is 39.5 Å². The average Bonchev–Trinajstić information content (AvgIpc) is 2.70. The molecule has 0 saturated heterocycles. The molecule has 0 radical (unpaired) electrons. The largest absolute Gasteiger partial charge is 0.449 e. The Balaban J connectivity index is 2.21. The van der Waals surface area contributed by atoms with Gasteiger partial charge in [-0.25, -0.2) is 4.79 Å². The monoisotopic (exact) mass is 372 g/mol. The number of ether oxygens (including phenoxy) is 1. The molecule has 1 amide bonds. The number of anilines is 1. The van der Waals surface area contributed by atoms with Crippen LogP contribution in [0.2, 0.25) is 0 Å². The maximum atomic E-state index is 11.7. The van der Waals surface area contributed by atoms with Crippen LogP contribution < -0.4 is 21.3 Å². The van der Waals surface area contributed by atoms with E-state index in [1.165, 1.54) is 11.3 Å². The number of benzene rings is 1. The molecule has 6 nitrogen and oxygen atoms in total. The van der Waals surface area contributed by atoms with Gasteiger partial charge in [0.05, 0.1) is 12.3 Å². The number of rotatable bonds is 8. The van der Waals surface area contributed by atoms with Crippen LogP contribution in [0.5, 0.6) is 0 Å². The zero-order valence-electron chi connectivity index (χ0n) is 16.8. The molecule has 1 aliphatic rings. The third-order valence-electron chi connectivity index (χ3n) is 4.93. The molecular formula is C21H32N4O2. The Bertz CT molecular complexity index is 693. The maximum absolute atomic E-state index is 11.7. The minimum Gasteiger partial charge on any atom is -0.449 e. The van der Waals surface area contributed by atoms with E-state index in [1.54, 1.807) is 0 Å². The Labute approximate surface area is 162 Å². The molecule has 0 fully saturated rings. The molecule has 0 unspecified atom stereocenters. The molecule has 1 aromatic rings. The van der Waals surface area contributed by atoms with Gasteiger partial charge >= 0.3 is 6.09 Å². The van der Waals surface area contributed by atoms with Gasteiger partial charge in [-0.3, -0.25) is 16.0 Å². The van der Waals surface area contributed by atoms with Crippen LogP contribution in [0.25, 0.3) is 6.08 Å². The van der Waals surface area contributed by atoms with Gasteiger partial charge in [-0.15, -0.1) is 0 Å². The van der Waals surface area contributed by atoms with E-state index in [0.29, 0.717) is 6.61 Å². The van der Waals surface area contributed by atoms with Crippen LogP contribution in [0, 0.1) is 0 Å². The summed E-state index contributed by atoms with van der Waals surface area (Å²) in [5.74, 6) is 0. The molecule has 0 bridgehead atoms. The highest BCUT2D eigenvalue weighted by molar-refractivity contribution is 5.85. The highest BCUT2D eigenvalue weighted by Gasteiger charge is 2.34. The van der Waals surface area contributed by atoms with Crippen LogP contribution in [0.1, 0.15) is 38.2 Å². The molecule has 27 heavy (non-hydrogen) atoms. The first-order chi connectivity index (χ1) is 13.1. The van der Waals surface area contributed by atoms with Crippen molar-refractivity contribution in [3.63, 3.8) is 0 Å². The van der Waals surface area contributed by atoms with Crippen molar-refractivity contribution in [3.8, 4) is 0 Å². The average molecular weight is 373 g/mol. The number of carbonyl (C=O) groups is 1. The first-order valence-electron chi connectivity index (χ1n) is 9.59. The molecule has 1 aliphatic carbocycles. The van der Waals surface area contributed by atoms with Gasteiger partial charge in [-0.05, 0) is 57.5 Å². The molecule has 1 aromatic carbocycles. The quantitative estimate of drug-likeness (QED) is 0.526. The summed E-state index contributed by atoms with van der Waals surface area (Å²) in [7, 11) is 5.93. The maximum Gasteiger partial charge on any atom is 0.411 e. The van der Waals surface area contributed by atoms with E-state index in [1.807, 2.05) is 52.3 Å². The summed E-state index contributed by atoms with van der Waals surface area (Å²) in [5.41, 5.74) is 3.93. The molecule has 4 N–H and O–H groups in total. The third-order valence-corrected chi connectivity index (χ3v) is 4.93. The lowest BCUT2D eigenvalue weighted by Gasteiger charge is -2.39. The highest BCUT2D eigenvalue weighted by Crippen LogP contribution is 2.31. The fraction of sp³-hybridized carbons (Fsp3) is 0.476. The number of amides is 1. The summed E-state index contributed by atoms with van der Waals surface area (Å²) in [6, 6.07) is 7.73. The van der Waals surface area contributed by atoms with E-state index in [-0.39, 0.29) is 5.66 Å². The van der Waals surface area contributed by atoms with Crippen molar-refractivity contribution in [2.75, 3.05) is 33.1 Å². The van der Waals surface area contributed by atoms with E-state index >= 15 is 0 Å². The van der Waals surface area contributed by atoms with E-state index in [2.05, 4.69) is 33.4 Å². The first-order valence-corrected chi connectivity index (χ1v) is 9.59. The van der Waals surface area contributed by atoms with Crippen LogP contribution in [0.15, 0.2) is 41.6 Å². The minimum atomic E-state index is -0.421. The Morgan fingerprint density at radius 2 is 2.00 bits per heavy atom. The topological polar surface area (TPSA) is 74.4 Å². The SMILES string of the molecule is CCCOC(=O)Nc1cccc(C=CC2=C(NC)CCCC2(NC)NC)c1. The lowest BCUT2D eigenvalue weighted by molar-refractivity contribution is 0.161. The third kappa shape index (κ3) is 5.34. The summed E-state index contributed by atoms with van der Waals surface area (Å²) < 4.78 is 5.07. The number of carbonyl (C=O) groups excluding carboxylic acids is 1. The van der Waals surface area contributed by atoms with Crippen molar-refractivity contribution >= 4 is 17.9 Å². The van der Waals surface area contributed by atoms with Crippen LogP contribution in [-0.2, 0) is 4.74 Å². The van der Waals surface area contributed by atoms with Crippen LogP contribution in [0.3, 0.4) is 0 Å². The second kappa shape index (κ2) is 10.1. The van der Waals surface area contributed by atoms with Gasteiger partial charge < -0.3 is 10.1 Å². The lowest BCUT2D eigenvalue weighted by Crippen LogP contribution is -2.57. The van der Waals surface area contributed by atoms with Gasteiger partial charge in [-0.1, -0.05) is 31.2 Å². The van der Waals surface area contributed by atoms with Crippen molar-refractivity contribution in [3.05, 3.63) is 47.2 Å². The van der Waals surface area contributed by atoms with E-state index in [4.69, 9.17) is 4.74 Å². The normalized spacial score (nSPS) is 16.4. The zero-order valence-corrected chi connectivity index (χ0v) is 16.8. The number of hydrogen-bond acceptors (Lipinski definition) is 5. The fourth-order valence-corrected chi connectivity index (χ4v) is 3.45. The molecule has 0 atom stereocenters.